The summed E-state index contributed by atoms with van der Waals surface area (Å²) in [4.78, 5) is 0. The molecule has 1 aliphatic heterocycles. The third kappa shape index (κ3) is 2.45. The summed E-state index contributed by atoms with van der Waals surface area (Å²) in [7, 11) is 2.08. The Balaban J connectivity index is 1.71. The minimum atomic E-state index is 0.618. The Kier molecular flexibility index (Phi) is 3.67. The average molecular weight is 245 g/mol. The number of aryl methyl sites for hydroxylation is 2. The molecule has 0 saturated carbocycles. The summed E-state index contributed by atoms with van der Waals surface area (Å²) in [5.41, 5.74) is 4.65. The van der Waals surface area contributed by atoms with Crippen LogP contribution in [0.4, 0.5) is 0 Å². The summed E-state index contributed by atoms with van der Waals surface area (Å²) in [6.07, 6.45) is 6.19. The SMILES string of the molecule is CNC1CCOCC1Cc1ccc2c(c1)CCC2. The molecule has 1 aromatic rings. The molecule has 2 nitrogen and oxygen atoms in total. The van der Waals surface area contributed by atoms with Gasteiger partial charge in [0.1, 0.15) is 0 Å². The summed E-state index contributed by atoms with van der Waals surface area (Å²) in [6, 6.07) is 7.72. The van der Waals surface area contributed by atoms with Gasteiger partial charge < -0.3 is 10.1 Å². The minimum Gasteiger partial charge on any atom is -0.381 e. The van der Waals surface area contributed by atoms with E-state index in [0.29, 0.717) is 12.0 Å². The first-order valence-electron chi connectivity index (χ1n) is 7.22. The fraction of sp³-hybridized carbons (Fsp3) is 0.625. The second-order valence-electron chi connectivity index (χ2n) is 5.68. The van der Waals surface area contributed by atoms with Gasteiger partial charge in [-0.15, -0.1) is 0 Å². The minimum absolute atomic E-state index is 0.618. The fourth-order valence-electron chi connectivity index (χ4n) is 3.43. The molecule has 1 heterocycles. The van der Waals surface area contributed by atoms with Crippen LogP contribution in [0.2, 0.25) is 0 Å². The molecule has 1 aromatic carbocycles. The van der Waals surface area contributed by atoms with Gasteiger partial charge in [-0.25, -0.2) is 0 Å². The molecule has 0 amide bonds. The molecule has 0 spiro atoms. The van der Waals surface area contributed by atoms with Gasteiger partial charge >= 0.3 is 0 Å². The van der Waals surface area contributed by atoms with Gasteiger partial charge in [-0.1, -0.05) is 18.2 Å². The molecule has 1 saturated heterocycles. The Morgan fingerprint density at radius 3 is 3.06 bits per heavy atom. The highest BCUT2D eigenvalue weighted by Crippen LogP contribution is 2.25. The van der Waals surface area contributed by atoms with E-state index in [1.54, 1.807) is 11.1 Å². The predicted molar refractivity (Wildman–Crippen MR) is 73.9 cm³/mol. The maximum Gasteiger partial charge on any atom is 0.0512 e. The third-order valence-corrected chi connectivity index (χ3v) is 4.51. The summed E-state index contributed by atoms with van der Waals surface area (Å²) >= 11 is 0. The van der Waals surface area contributed by atoms with Gasteiger partial charge in [0.05, 0.1) is 6.61 Å². The maximum absolute atomic E-state index is 5.64. The molecule has 0 radical (unpaired) electrons. The molecule has 18 heavy (non-hydrogen) atoms. The first-order valence-corrected chi connectivity index (χ1v) is 7.22. The second-order valence-corrected chi connectivity index (χ2v) is 5.68. The quantitative estimate of drug-likeness (QED) is 0.882. The Labute approximate surface area is 110 Å². The van der Waals surface area contributed by atoms with Crippen molar-refractivity contribution >= 4 is 0 Å². The van der Waals surface area contributed by atoms with Crippen LogP contribution in [0.25, 0.3) is 0 Å². The van der Waals surface area contributed by atoms with Gasteiger partial charge in [0.25, 0.3) is 0 Å². The van der Waals surface area contributed by atoms with E-state index in [1.807, 2.05) is 0 Å². The molecule has 2 atom stereocenters. The largest absolute Gasteiger partial charge is 0.381 e. The molecular weight excluding hydrogens is 222 g/mol. The normalized spacial score (nSPS) is 27.2. The monoisotopic (exact) mass is 245 g/mol. The summed E-state index contributed by atoms with van der Waals surface area (Å²) in [5, 5.41) is 3.45. The van der Waals surface area contributed by atoms with Crippen LogP contribution in [-0.2, 0) is 24.0 Å². The summed E-state index contributed by atoms with van der Waals surface area (Å²) in [5.74, 6) is 0.628. The van der Waals surface area contributed by atoms with Crippen molar-refractivity contribution in [3.8, 4) is 0 Å². The Morgan fingerprint density at radius 1 is 1.28 bits per heavy atom. The number of hydrogen-bond donors (Lipinski definition) is 1. The lowest BCUT2D eigenvalue weighted by Gasteiger charge is -2.31. The molecule has 1 fully saturated rings. The highest BCUT2D eigenvalue weighted by Gasteiger charge is 2.24. The smallest absolute Gasteiger partial charge is 0.0512 e. The summed E-state index contributed by atoms with van der Waals surface area (Å²) in [6.45, 7) is 1.81. The highest BCUT2D eigenvalue weighted by molar-refractivity contribution is 5.35. The maximum atomic E-state index is 5.64. The Hall–Kier alpha value is -0.860. The van der Waals surface area contributed by atoms with Crippen molar-refractivity contribution in [3.05, 3.63) is 34.9 Å². The van der Waals surface area contributed by atoms with Gasteiger partial charge in [-0.3, -0.25) is 0 Å². The molecule has 1 N–H and O–H groups in total. The highest BCUT2D eigenvalue weighted by atomic mass is 16.5. The molecule has 0 bridgehead atoms. The standard InChI is InChI=1S/C16H23NO/c1-17-16-7-8-18-11-15(16)10-12-5-6-13-3-2-4-14(13)9-12/h5-6,9,15-17H,2-4,7-8,10-11H2,1H3. The van der Waals surface area contributed by atoms with Crippen LogP contribution in [0, 0.1) is 5.92 Å². The van der Waals surface area contributed by atoms with E-state index >= 15 is 0 Å². The van der Waals surface area contributed by atoms with Gasteiger partial charge in [-0.2, -0.15) is 0 Å². The second kappa shape index (κ2) is 5.41. The van der Waals surface area contributed by atoms with Crippen LogP contribution in [0.1, 0.15) is 29.5 Å². The van der Waals surface area contributed by atoms with E-state index in [1.165, 1.54) is 24.8 Å². The molecule has 2 unspecified atom stereocenters. The Morgan fingerprint density at radius 2 is 2.17 bits per heavy atom. The number of benzene rings is 1. The van der Waals surface area contributed by atoms with E-state index < -0.39 is 0 Å². The number of fused-ring (bicyclic) bond motifs is 1. The van der Waals surface area contributed by atoms with Crippen molar-refractivity contribution in [2.75, 3.05) is 20.3 Å². The number of ether oxygens (including phenoxy) is 1. The first-order chi connectivity index (χ1) is 8.86. The zero-order chi connectivity index (χ0) is 12.4. The van der Waals surface area contributed by atoms with Gasteiger partial charge in [0, 0.05) is 18.6 Å². The average Bonchev–Trinajstić information content (AvgIpc) is 2.87. The molecule has 2 heteroatoms. The van der Waals surface area contributed by atoms with E-state index in [-0.39, 0.29) is 0 Å². The molecule has 98 valence electrons. The number of nitrogens with one attached hydrogen (secondary N) is 1. The lowest BCUT2D eigenvalue weighted by atomic mass is 9.89. The van der Waals surface area contributed by atoms with Crippen molar-refractivity contribution in [1.82, 2.24) is 5.32 Å². The van der Waals surface area contributed by atoms with Crippen molar-refractivity contribution in [2.24, 2.45) is 5.92 Å². The fourth-order valence-corrected chi connectivity index (χ4v) is 3.43. The van der Waals surface area contributed by atoms with E-state index in [0.717, 1.165) is 26.1 Å². The zero-order valence-corrected chi connectivity index (χ0v) is 11.2. The van der Waals surface area contributed by atoms with Crippen molar-refractivity contribution in [2.45, 2.75) is 38.1 Å². The molecule has 2 aliphatic rings. The van der Waals surface area contributed by atoms with Crippen molar-refractivity contribution in [3.63, 3.8) is 0 Å². The van der Waals surface area contributed by atoms with Gasteiger partial charge in [0.2, 0.25) is 0 Å². The van der Waals surface area contributed by atoms with E-state index in [2.05, 4.69) is 30.6 Å². The van der Waals surface area contributed by atoms with Crippen LogP contribution in [0.15, 0.2) is 18.2 Å². The van der Waals surface area contributed by atoms with Gasteiger partial charge in [0.15, 0.2) is 0 Å². The topological polar surface area (TPSA) is 21.3 Å². The summed E-state index contributed by atoms with van der Waals surface area (Å²) < 4.78 is 5.64. The first kappa shape index (κ1) is 12.2. The molecular formula is C16H23NO. The molecule has 3 rings (SSSR count). The van der Waals surface area contributed by atoms with Crippen molar-refractivity contribution < 1.29 is 4.74 Å². The van der Waals surface area contributed by atoms with Gasteiger partial charge in [-0.05, 0) is 55.8 Å². The third-order valence-electron chi connectivity index (χ3n) is 4.51. The zero-order valence-electron chi connectivity index (χ0n) is 11.2. The lowest BCUT2D eigenvalue weighted by molar-refractivity contribution is 0.0342. The van der Waals surface area contributed by atoms with Crippen LogP contribution in [0.5, 0.6) is 0 Å². The number of rotatable bonds is 3. The van der Waals surface area contributed by atoms with Crippen molar-refractivity contribution in [1.29, 1.82) is 0 Å². The Bertz CT molecular complexity index is 416. The lowest BCUT2D eigenvalue weighted by Crippen LogP contribution is -2.41. The van der Waals surface area contributed by atoms with E-state index in [9.17, 15) is 0 Å². The van der Waals surface area contributed by atoms with Crippen LogP contribution >= 0.6 is 0 Å². The molecule has 0 aromatic heterocycles. The van der Waals surface area contributed by atoms with Crippen LogP contribution in [0.3, 0.4) is 0 Å². The molecule has 1 aliphatic carbocycles. The van der Waals surface area contributed by atoms with Crippen LogP contribution < -0.4 is 5.32 Å². The van der Waals surface area contributed by atoms with E-state index in [4.69, 9.17) is 4.74 Å². The number of hydrogen-bond acceptors (Lipinski definition) is 2. The predicted octanol–water partition coefficient (Wildman–Crippen LogP) is 2.34. The van der Waals surface area contributed by atoms with Crippen LogP contribution in [-0.4, -0.2) is 26.3 Å².